The van der Waals surface area contributed by atoms with Crippen molar-refractivity contribution in [1.29, 1.82) is 0 Å². The van der Waals surface area contributed by atoms with E-state index in [4.69, 9.17) is 9.94 Å². The van der Waals surface area contributed by atoms with E-state index in [1.165, 1.54) is 0 Å². The number of hydrogen-bond acceptors (Lipinski definition) is 6. The molecule has 8 heteroatoms. The van der Waals surface area contributed by atoms with E-state index < -0.39 is 5.91 Å². The van der Waals surface area contributed by atoms with Crippen LogP contribution in [0.4, 0.5) is 5.82 Å². The summed E-state index contributed by atoms with van der Waals surface area (Å²) in [5.74, 6) is 0.704. The summed E-state index contributed by atoms with van der Waals surface area (Å²) >= 11 is 0. The third kappa shape index (κ3) is 4.77. The molecular formula is C22H26N4O4. The number of fused-ring (bicyclic) bond motifs is 1. The van der Waals surface area contributed by atoms with Gasteiger partial charge in [-0.15, -0.1) is 0 Å². The van der Waals surface area contributed by atoms with Gasteiger partial charge in [-0.3, -0.25) is 14.8 Å². The fourth-order valence-corrected chi connectivity index (χ4v) is 4.09. The van der Waals surface area contributed by atoms with Crippen molar-refractivity contribution in [2.24, 2.45) is 5.92 Å². The molecule has 1 aromatic heterocycles. The number of ether oxygens (including phenoxy) is 1. The summed E-state index contributed by atoms with van der Waals surface area (Å²) in [6, 6.07) is 8.99. The molecule has 0 radical (unpaired) electrons. The van der Waals surface area contributed by atoms with E-state index in [1.807, 2.05) is 12.1 Å². The van der Waals surface area contributed by atoms with Crippen LogP contribution in [0, 0.1) is 5.92 Å². The molecule has 2 amide bonds. The van der Waals surface area contributed by atoms with Gasteiger partial charge in [0, 0.05) is 30.2 Å². The number of nitrogens with zero attached hydrogens (tertiary/aromatic N) is 1. The fourth-order valence-electron chi connectivity index (χ4n) is 4.09. The topological polar surface area (TPSA) is 113 Å². The molecule has 4 N–H and O–H groups in total. The van der Waals surface area contributed by atoms with Crippen LogP contribution in [0.1, 0.15) is 40.7 Å². The molecule has 1 aromatic carbocycles. The Kier molecular flexibility index (Phi) is 6.25. The Hall–Kier alpha value is -2.97. The zero-order chi connectivity index (χ0) is 20.9. The van der Waals surface area contributed by atoms with Crippen LogP contribution in [-0.4, -0.2) is 41.2 Å². The normalized spacial score (nSPS) is 18.9. The van der Waals surface area contributed by atoms with Crippen molar-refractivity contribution >= 4 is 17.6 Å². The maximum absolute atomic E-state index is 12.4. The molecule has 2 aliphatic rings. The van der Waals surface area contributed by atoms with Crippen LogP contribution in [-0.2, 0) is 17.6 Å². The number of anilines is 1. The van der Waals surface area contributed by atoms with Crippen LogP contribution in [0.3, 0.4) is 0 Å². The lowest BCUT2D eigenvalue weighted by Gasteiger charge is -2.26. The van der Waals surface area contributed by atoms with E-state index in [1.54, 1.807) is 29.9 Å². The van der Waals surface area contributed by atoms with Gasteiger partial charge in [0.1, 0.15) is 17.7 Å². The second-order valence-corrected chi connectivity index (χ2v) is 7.80. The SMILES string of the molecule is O=C(NO)c1ccc2c(c1)CCC(Oc1ccnc(NC(=O)C3CCNCC3)c1)C2. The van der Waals surface area contributed by atoms with Gasteiger partial charge in [0.15, 0.2) is 0 Å². The zero-order valence-electron chi connectivity index (χ0n) is 16.7. The molecular weight excluding hydrogens is 384 g/mol. The van der Waals surface area contributed by atoms with E-state index in [0.29, 0.717) is 17.1 Å². The first-order chi connectivity index (χ1) is 14.6. The molecule has 8 nitrogen and oxygen atoms in total. The van der Waals surface area contributed by atoms with Gasteiger partial charge in [0.2, 0.25) is 5.91 Å². The van der Waals surface area contributed by atoms with Gasteiger partial charge >= 0.3 is 0 Å². The highest BCUT2D eigenvalue weighted by Crippen LogP contribution is 2.27. The van der Waals surface area contributed by atoms with Crippen molar-refractivity contribution in [1.82, 2.24) is 15.8 Å². The van der Waals surface area contributed by atoms with Crippen molar-refractivity contribution in [2.75, 3.05) is 18.4 Å². The summed E-state index contributed by atoms with van der Waals surface area (Å²) in [7, 11) is 0. The van der Waals surface area contributed by atoms with Crippen LogP contribution in [0.2, 0.25) is 0 Å². The van der Waals surface area contributed by atoms with Crippen LogP contribution in [0.15, 0.2) is 36.5 Å². The lowest BCUT2D eigenvalue weighted by Crippen LogP contribution is -2.34. The number of carbonyl (C=O) groups excluding carboxylic acids is 2. The maximum atomic E-state index is 12.4. The lowest BCUT2D eigenvalue weighted by atomic mass is 9.88. The quantitative estimate of drug-likeness (QED) is 0.443. The standard InChI is InChI=1S/C22H26N4O4/c27-21(14-5-8-23-9-6-14)25-20-13-19(7-10-24-20)30-18-4-3-15-11-17(22(28)26-29)2-1-16(15)12-18/h1-2,7,10-11,13-14,18,23,29H,3-6,8-9,12H2,(H,26,28)(H,24,25,27). The average molecular weight is 410 g/mol. The summed E-state index contributed by atoms with van der Waals surface area (Å²) in [5, 5.41) is 15.0. The number of rotatable bonds is 5. The molecule has 1 saturated heterocycles. The van der Waals surface area contributed by atoms with Gasteiger partial charge in [-0.1, -0.05) is 6.07 Å². The van der Waals surface area contributed by atoms with Gasteiger partial charge in [-0.2, -0.15) is 0 Å². The molecule has 1 aliphatic heterocycles. The van der Waals surface area contributed by atoms with E-state index in [2.05, 4.69) is 15.6 Å². The van der Waals surface area contributed by atoms with Crippen LogP contribution in [0.25, 0.3) is 0 Å². The summed E-state index contributed by atoms with van der Waals surface area (Å²) in [5.41, 5.74) is 4.34. The largest absolute Gasteiger partial charge is 0.490 e. The molecule has 0 bridgehead atoms. The highest BCUT2D eigenvalue weighted by Gasteiger charge is 2.23. The van der Waals surface area contributed by atoms with Crippen LogP contribution >= 0.6 is 0 Å². The predicted molar refractivity (Wildman–Crippen MR) is 111 cm³/mol. The second-order valence-electron chi connectivity index (χ2n) is 7.80. The Bertz CT molecular complexity index is 927. The predicted octanol–water partition coefficient (Wildman–Crippen LogP) is 2.07. The molecule has 0 saturated carbocycles. The number of piperidine rings is 1. The number of benzene rings is 1. The number of hydroxylamine groups is 1. The first-order valence-corrected chi connectivity index (χ1v) is 10.3. The maximum Gasteiger partial charge on any atom is 0.274 e. The highest BCUT2D eigenvalue weighted by molar-refractivity contribution is 5.93. The van der Waals surface area contributed by atoms with Gasteiger partial charge < -0.3 is 15.4 Å². The molecule has 2 heterocycles. The highest BCUT2D eigenvalue weighted by atomic mass is 16.5. The number of aromatic nitrogens is 1. The smallest absolute Gasteiger partial charge is 0.274 e. The molecule has 0 spiro atoms. The molecule has 158 valence electrons. The molecule has 30 heavy (non-hydrogen) atoms. The van der Waals surface area contributed by atoms with Crippen molar-refractivity contribution in [3.8, 4) is 5.75 Å². The Morgan fingerprint density at radius 1 is 1.10 bits per heavy atom. The molecule has 2 aromatic rings. The first-order valence-electron chi connectivity index (χ1n) is 10.3. The zero-order valence-corrected chi connectivity index (χ0v) is 16.7. The summed E-state index contributed by atoms with van der Waals surface area (Å²) in [6.07, 6.45) is 5.66. The number of pyridine rings is 1. The van der Waals surface area contributed by atoms with Crippen molar-refractivity contribution < 1.29 is 19.5 Å². The first kappa shape index (κ1) is 20.3. The van der Waals surface area contributed by atoms with E-state index in [0.717, 1.165) is 56.3 Å². The number of amides is 2. The molecule has 1 atom stereocenters. The molecule has 1 unspecified atom stereocenters. The van der Waals surface area contributed by atoms with Crippen molar-refractivity contribution in [3.63, 3.8) is 0 Å². The van der Waals surface area contributed by atoms with Crippen molar-refractivity contribution in [2.45, 2.75) is 38.2 Å². The summed E-state index contributed by atoms with van der Waals surface area (Å²) in [6.45, 7) is 1.73. The van der Waals surface area contributed by atoms with E-state index in [9.17, 15) is 9.59 Å². The van der Waals surface area contributed by atoms with Crippen LogP contribution < -0.4 is 20.9 Å². The van der Waals surface area contributed by atoms with Crippen LogP contribution in [0.5, 0.6) is 5.75 Å². The van der Waals surface area contributed by atoms with Gasteiger partial charge in [-0.05, 0) is 68.1 Å². The third-order valence-electron chi connectivity index (χ3n) is 5.75. The van der Waals surface area contributed by atoms with Crippen molar-refractivity contribution in [3.05, 3.63) is 53.2 Å². The number of nitrogens with one attached hydrogen (secondary N) is 3. The Morgan fingerprint density at radius 3 is 2.73 bits per heavy atom. The lowest BCUT2D eigenvalue weighted by molar-refractivity contribution is -0.120. The minimum atomic E-state index is -0.507. The van der Waals surface area contributed by atoms with E-state index in [-0.39, 0.29) is 17.9 Å². The van der Waals surface area contributed by atoms with E-state index >= 15 is 0 Å². The molecule has 1 aliphatic carbocycles. The molecule has 1 fully saturated rings. The summed E-state index contributed by atoms with van der Waals surface area (Å²) in [4.78, 5) is 28.3. The van der Waals surface area contributed by atoms with Gasteiger partial charge in [0.05, 0.1) is 0 Å². The number of carbonyl (C=O) groups is 2. The van der Waals surface area contributed by atoms with Gasteiger partial charge in [-0.25, -0.2) is 10.5 Å². The third-order valence-corrected chi connectivity index (χ3v) is 5.75. The molecule has 4 rings (SSSR count). The Balaban J connectivity index is 1.37. The van der Waals surface area contributed by atoms with Gasteiger partial charge in [0.25, 0.3) is 5.91 Å². The fraction of sp³-hybridized carbons (Fsp3) is 0.409. The minimum absolute atomic E-state index is 0.00499. The number of aryl methyl sites for hydroxylation is 1. The summed E-state index contributed by atoms with van der Waals surface area (Å²) < 4.78 is 6.16. The average Bonchev–Trinajstić information content (AvgIpc) is 2.79. The monoisotopic (exact) mass is 410 g/mol. The Labute approximate surface area is 175 Å². The number of hydrogen-bond donors (Lipinski definition) is 4. The second kappa shape index (κ2) is 9.23. The minimum Gasteiger partial charge on any atom is -0.490 e. The Morgan fingerprint density at radius 2 is 1.93 bits per heavy atom.